The molecule has 1 aromatic carbocycles. The predicted octanol–water partition coefficient (Wildman–Crippen LogP) is 2.62. The van der Waals surface area contributed by atoms with Crippen molar-refractivity contribution in [3.05, 3.63) is 29.8 Å². The molecule has 82 valence electrons. The molecule has 0 bridgehead atoms. The van der Waals surface area contributed by atoms with Gasteiger partial charge in [-0.2, -0.15) is 0 Å². The van der Waals surface area contributed by atoms with E-state index in [0.29, 0.717) is 0 Å². The van der Waals surface area contributed by atoms with Crippen LogP contribution in [0.15, 0.2) is 24.3 Å². The molecule has 0 amide bonds. The van der Waals surface area contributed by atoms with Crippen LogP contribution in [-0.2, 0) is 0 Å². The zero-order valence-corrected chi connectivity index (χ0v) is 7.84. The van der Waals surface area contributed by atoms with Crippen LogP contribution in [-0.4, -0.2) is 12.9 Å². The molecule has 2 nitrogen and oxygen atoms in total. The van der Waals surface area contributed by atoms with Gasteiger partial charge in [-0.3, -0.25) is 0 Å². The van der Waals surface area contributed by atoms with Crippen molar-refractivity contribution >= 4 is 0 Å². The summed E-state index contributed by atoms with van der Waals surface area (Å²) in [5.41, 5.74) is 0.836. The van der Waals surface area contributed by atoms with Gasteiger partial charge in [0.2, 0.25) is 0 Å². The lowest BCUT2D eigenvalue weighted by atomic mass is 9.98. The first kappa shape index (κ1) is 10.3. The van der Waals surface area contributed by atoms with Gasteiger partial charge in [-0.1, -0.05) is 12.1 Å². The molecule has 1 aromatic rings. The number of alkyl halides is 3. The van der Waals surface area contributed by atoms with Gasteiger partial charge in [-0.15, -0.1) is 13.2 Å². The lowest BCUT2D eigenvalue weighted by Gasteiger charge is -2.28. The van der Waals surface area contributed by atoms with E-state index in [0.717, 1.165) is 18.5 Å². The molecule has 1 fully saturated rings. The van der Waals surface area contributed by atoms with Gasteiger partial charge >= 0.3 is 6.36 Å². The van der Waals surface area contributed by atoms with E-state index in [1.54, 1.807) is 12.1 Å². The van der Waals surface area contributed by atoms with Crippen LogP contribution in [0, 0.1) is 0 Å². The molecular formula is C10H10F3NO. The fourth-order valence-corrected chi connectivity index (χ4v) is 1.50. The highest BCUT2D eigenvalue weighted by Gasteiger charge is 2.31. The highest BCUT2D eigenvalue weighted by Crippen LogP contribution is 2.28. The van der Waals surface area contributed by atoms with Crippen LogP contribution in [0.4, 0.5) is 13.2 Å². The van der Waals surface area contributed by atoms with E-state index in [1.807, 2.05) is 0 Å². The fourth-order valence-electron chi connectivity index (χ4n) is 1.50. The molecule has 1 saturated heterocycles. The van der Waals surface area contributed by atoms with E-state index in [2.05, 4.69) is 10.1 Å². The Kier molecular flexibility index (Phi) is 2.56. The molecule has 0 unspecified atom stereocenters. The minimum atomic E-state index is -4.62. The van der Waals surface area contributed by atoms with E-state index >= 15 is 0 Å². The first-order valence-corrected chi connectivity index (χ1v) is 4.64. The number of benzene rings is 1. The van der Waals surface area contributed by atoms with Crippen LogP contribution >= 0.6 is 0 Å². The smallest absolute Gasteiger partial charge is 0.406 e. The highest BCUT2D eigenvalue weighted by atomic mass is 19.4. The fraction of sp³-hybridized carbons (Fsp3) is 0.400. The molecule has 0 radical (unpaired) electrons. The summed E-state index contributed by atoms with van der Waals surface area (Å²) in [6.07, 6.45) is -3.67. The van der Waals surface area contributed by atoms with Crippen molar-refractivity contribution in [2.75, 3.05) is 6.54 Å². The van der Waals surface area contributed by atoms with E-state index in [-0.39, 0.29) is 11.8 Å². The zero-order valence-electron chi connectivity index (χ0n) is 7.84. The SMILES string of the molecule is FC(F)(F)Oc1cccc([C@@H]2CCN2)c1. The number of halogens is 3. The Labute approximate surface area is 85.0 Å². The summed E-state index contributed by atoms with van der Waals surface area (Å²) in [4.78, 5) is 0. The van der Waals surface area contributed by atoms with Crippen molar-refractivity contribution in [1.82, 2.24) is 5.32 Å². The zero-order chi connectivity index (χ0) is 10.9. The lowest BCUT2D eigenvalue weighted by Crippen LogP contribution is -2.34. The number of nitrogens with one attached hydrogen (secondary N) is 1. The summed E-state index contributed by atoms with van der Waals surface area (Å²) in [7, 11) is 0. The van der Waals surface area contributed by atoms with E-state index < -0.39 is 6.36 Å². The van der Waals surface area contributed by atoms with Crippen molar-refractivity contribution < 1.29 is 17.9 Å². The number of ether oxygens (including phenoxy) is 1. The maximum Gasteiger partial charge on any atom is 0.573 e. The molecule has 1 heterocycles. The molecule has 0 aliphatic carbocycles. The van der Waals surface area contributed by atoms with Crippen molar-refractivity contribution in [3.8, 4) is 5.75 Å². The standard InChI is InChI=1S/C10H10F3NO/c11-10(12,13)15-8-3-1-2-7(6-8)9-4-5-14-9/h1-3,6,9,14H,4-5H2/t9-/m0/s1. The molecule has 1 aliphatic heterocycles. The average Bonchev–Trinajstić information content (AvgIpc) is 1.97. The third-order valence-electron chi connectivity index (χ3n) is 2.32. The number of hydrogen-bond donors (Lipinski definition) is 1. The minimum Gasteiger partial charge on any atom is -0.406 e. The predicted molar refractivity (Wildman–Crippen MR) is 48.5 cm³/mol. The summed E-state index contributed by atoms with van der Waals surface area (Å²) >= 11 is 0. The number of hydrogen-bond acceptors (Lipinski definition) is 2. The quantitative estimate of drug-likeness (QED) is 0.822. The molecule has 0 saturated carbocycles. The Balaban J connectivity index is 2.11. The number of rotatable bonds is 2. The molecule has 1 N–H and O–H groups in total. The topological polar surface area (TPSA) is 21.3 Å². The molecular weight excluding hydrogens is 207 g/mol. The van der Waals surface area contributed by atoms with Gasteiger partial charge in [0.1, 0.15) is 5.75 Å². The van der Waals surface area contributed by atoms with Crippen molar-refractivity contribution in [3.63, 3.8) is 0 Å². The molecule has 0 spiro atoms. The summed E-state index contributed by atoms with van der Waals surface area (Å²) in [5.74, 6) is -0.159. The van der Waals surface area contributed by atoms with Crippen LogP contribution < -0.4 is 10.1 Å². The van der Waals surface area contributed by atoms with Crippen LogP contribution in [0.25, 0.3) is 0 Å². The summed E-state index contributed by atoms with van der Waals surface area (Å²) in [5, 5.41) is 3.12. The van der Waals surface area contributed by atoms with Crippen LogP contribution in [0.2, 0.25) is 0 Å². The van der Waals surface area contributed by atoms with Gasteiger partial charge in [0, 0.05) is 6.04 Å². The second-order valence-corrected chi connectivity index (χ2v) is 3.42. The minimum absolute atomic E-state index is 0.159. The van der Waals surface area contributed by atoms with Gasteiger partial charge in [0.25, 0.3) is 0 Å². The molecule has 15 heavy (non-hydrogen) atoms. The van der Waals surface area contributed by atoms with Gasteiger partial charge in [-0.25, -0.2) is 0 Å². The molecule has 2 rings (SSSR count). The van der Waals surface area contributed by atoms with Crippen LogP contribution in [0.1, 0.15) is 18.0 Å². The second-order valence-electron chi connectivity index (χ2n) is 3.42. The van der Waals surface area contributed by atoms with E-state index in [9.17, 15) is 13.2 Å². The van der Waals surface area contributed by atoms with Gasteiger partial charge in [0.05, 0.1) is 0 Å². The maximum absolute atomic E-state index is 11.9. The average molecular weight is 217 g/mol. The third kappa shape index (κ3) is 2.62. The highest BCUT2D eigenvalue weighted by molar-refractivity contribution is 5.31. The van der Waals surface area contributed by atoms with E-state index in [1.165, 1.54) is 12.1 Å². The molecule has 5 heteroatoms. The maximum atomic E-state index is 11.9. The van der Waals surface area contributed by atoms with Gasteiger partial charge in [0.15, 0.2) is 0 Å². The monoisotopic (exact) mass is 217 g/mol. The van der Waals surface area contributed by atoms with E-state index in [4.69, 9.17) is 0 Å². The van der Waals surface area contributed by atoms with Gasteiger partial charge in [-0.05, 0) is 30.7 Å². The van der Waals surface area contributed by atoms with Crippen LogP contribution in [0.5, 0.6) is 5.75 Å². The Morgan fingerprint density at radius 3 is 2.60 bits per heavy atom. The first-order valence-electron chi connectivity index (χ1n) is 4.64. The Bertz CT molecular complexity index is 347. The van der Waals surface area contributed by atoms with Crippen LogP contribution in [0.3, 0.4) is 0 Å². The Morgan fingerprint density at radius 1 is 1.33 bits per heavy atom. The molecule has 1 aliphatic rings. The largest absolute Gasteiger partial charge is 0.573 e. The molecule has 0 aromatic heterocycles. The Morgan fingerprint density at radius 2 is 2.07 bits per heavy atom. The second kappa shape index (κ2) is 3.73. The normalized spacial score (nSPS) is 20.9. The molecule has 1 atom stereocenters. The van der Waals surface area contributed by atoms with Crippen molar-refractivity contribution in [1.29, 1.82) is 0 Å². The Hall–Kier alpha value is -1.23. The third-order valence-corrected chi connectivity index (χ3v) is 2.32. The summed E-state index contributed by atoms with van der Waals surface area (Å²) in [6, 6.07) is 6.25. The van der Waals surface area contributed by atoms with Crippen molar-refractivity contribution in [2.24, 2.45) is 0 Å². The summed E-state index contributed by atoms with van der Waals surface area (Å²) in [6.45, 7) is 0.912. The first-order chi connectivity index (χ1) is 7.04. The van der Waals surface area contributed by atoms with Gasteiger partial charge < -0.3 is 10.1 Å². The van der Waals surface area contributed by atoms with Crippen molar-refractivity contribution in [2.45, 2.75) is 18.8 Å². The lowest BCUT2D eigenvalue weighted by molar-refractivity contribution is -0.274. The summed E-state index contributed by atoms with van der Waals surface area (Å²) < 4.78 is 39.6.